The minimum Gasteiger partial charge on any atom is -0.486 e. The fourth-order valence-electron chi connectivity index (χ4n) is 2.63. The van der Waals surface area contributed by atoms with Crippen LogP contribution in [0.4, 0.5) is 14.5 Å². The lowest BCUT2D eigenvalue weighted by molar-refractivity contribution is -0.112. The van der Waals surface area contributed by atoms with Crippen LogP contribution < -0.4 is 10.1 Å². The maximum atomic E-state index is 13.8. The number of halogens is 4. The van der Waals surface area contributed by atoms with E-state index in [1.807, 2.05) is 6.07 Å². The predicted octanol–water partition coefficient (Wildman–Crippen LogP) is 6.46. The zero-order valence-electron chi connectivity index (χ0n) is 15.8. The van der Waals surface area contributed by atoms with Crippen molar-refractivity contribution in [3.8, 4) is 11.8 Å². The average Bonchev–Trinajstić information content (AvgIpc) is 2.74. The summed E-state index contributed by atoms with van der Waals surface area (Å²) in [7, 11) is 0. The number of amides is 1. The van der Waals surface area contributed by atoms with Gasteiger partial charge >= 0.3 is 0 Å². The van der Waals surface area contributed by atoms with Gasteiger partial charge in [0.1, 0.15) is 35.6 Å². The van der Waals surface area contributed by atoms with Gasteiger partial charge in [0.05, 0.1) is 13.7 Å². The second kappa shape index (κ2) is 10.5. The van der Waals surface area contributed by atoms with Gasteiger partial charge < -0.3 is 10.1 Å². The Morgan fingerprint density at radius 1 is 1.13 bits per heavy atom. The number of ether oxygens (including phenoxy) is 1. The van der Waals surface area contributed by atoms with Crippen LogP contribution in [0.1, 0.15) is 11.1 Å². The summed E-state index contributed by atoms with van der Waals surface area (Å²) in [5, 5.41) is 11.8. The van der Waals surface area contributed by atoms with Crippen molar-refractivity contribution >= 4 is 56.2 Å². The average molecular weight is 595 g/mol. The number of nitriles is 1. The standard InChI is InChI=1S/C23H14BrF2IN2O2/c24-17-10-14(9-16(12-28)23(30)29-21-8-4-3-7-19(21)26)11-20(27)22(17)31-13-15-5-1-2-6-18(15)25/h1-11H,13H2,(H,29,30)/b16-9-. The Hall–Kier alpha value is -2.77. The topological polar surface area (TPSA) is 62.1 Å². The van der Waals surface area contributed by atoms with Crippen LogP contribution in [0.2, 0.25) is 0 Å². The molecule has 0 fully saturated rings. The zero-order chi connectivity index (χ0) is 22.4. The predicted molar refractivity (Wildman–Crippen MR) is 126 cm³/mol. The number of nitrogens with zero attached hydrogens (tertiary/aromatic N) is 1. The third kappa shape index (κ3) is 5.89. The molecule has 0 aliphatic rings. The molecular weight excluding hydrogens is 581 g/mol. The summed E-state index contributed by atoms with van der Waals surface area (Å²) in [5.41, 5.74) is 0.785. The molecule has 1 amide bonds. The molecule has 3 aromatic carbocycles. The Morgan fingerprint density at radius 2 is 1.81 bits per heavy atom. The first-order valence-corrected chi connectivity index (χ1v) is 10.8. The summed E-state index contributed by atoms with van der Waals surface area (Å²) in [6.45, 7) is 0.0466. The van der Waals surface area contributed by atoms with Crippen LogP contribution in [-0.4, -0.2) is 5.91 Å². The number of para-hydroxylation sites is 1. The highest BCUT2D eigenvalue weighted by Crippen LogP contribution is 2.33. The van der Waals surface area contributed by atoms with Crippen LogP contribution in [0.25, 0.3) is 6.08 Å². The van der Waals surface area contributed by atoms with Crippen molar-refractivity contribution in [1.82, 2.24) is 0 Å². The van der Waals surface area contributed by atoms with Crippen LogP contribution in [0.5, 0.6) is 5.75 Å². The van der Waals surface area contributed by atoms with Gasteiger partial charge in [-0.3, -0.25) is 4.79 Å². The maximum absolute atomic E-state index is 13.8. The molecule has 0 unspecified atom stereocenters. The highest BCUT2D eigenvalue weighted by molar-refractivity contribution is 14.1. The third-order valence-electron chi connectivity index (χ3n) is 4.15. The second-order valence-electron chi connectivity index (χ2n) is 6.30. The Labute approximate surface area is 199 Å². The van der Waals surface area contributed by atoms with Gasteiger partial charge in [-0.25, -0.2) is 8.78 Å². The number of carbonyl (C=O) groups is 1. The highest BCUT2D eigenvalue weighted by Gasteiger charge is 2.14. The minimum absolute atomic E-state index is 0.0127. The summed E-state index contributed by atoms with van der Waals surface area (Å²) in [4.78, 5) is 12.4. The Kier molecular flexibility index (Phi) is 7.76. The van der Waals surface area contributed by atoms with E-state index in [1.165, 1.54) is 30.3 Å². The third-order valence-corrected chi connectivity index (χ3v) is 5.54. The lowest BCUT2D eigenvalue weighted by Gasteiger charge is -2.12. The molecule has 0 aromatic heterocycles. The quantitative estimate of drug-likeness (QED) is 0.202. The summed E-state index contributed by atoms with van der Waals surface area (Å²) >= 11 is 5.47. The summed E-state index contributed by atoms with van der Waals surface area (Å²) in [5.74, 6) is -1.16. The molecule has 0 bridgehead atoms. The van der Waals surface area contributed by atoms with Crippen LogP contribution in [0, 0.1) is 26.5 Å². The maximum Gasteiger partial charge on any atom is 0.266 e. The molecule has 0 atom stereocenters. The highest BCUT2D eigenvalue weighted by atomic mass is 127. The number of rotatable bonds is 6. The molecule has 3 aromatic rings. The van der Waals surface area contributed by atoms with Gasteiger partial charge in [0, 0.05) is 5.56 Å². The molecule has 0 heterocycles. The van der Waals surface area contributed by atoms with Crippen LogP contribution >= 0.6 is 38.5 Å². The van der Waals surface area contributed by atoms with E-state index in [1.54, 1.807) is 36.4 Å². The first kappa shape index (κ1) is 22.9. The van der Waals surface area contributed by atoms with Crippen molar-refractivity contribution in [3.05, 3.63) is 97.0 Å². The molecule has 3 rings (SSSR count). The van der Waals surface area contributed by atoms with Crippen LogP contribution in [0.3, 0.4) is 0 Å². The fraction of sp³-hybridized carbons (Fsp3) is 0.0435. The molecule has 4 nitrogen and oxygen atoms in total. The zero-order valence-corrected chi connectivity index (χ0v) is 19.6. The first-order chi connectivity index (χ1) is 14.9. The van der Waals surface area contributed by atoms with Crippen LogP contribution in [0.15, 0.2) is 70.7 Å². The van der Waals surface area contributed by atoms with E-state index in [2.05, 4.69) is 43.8 Å². The van der Waals surface area contributed by atoms with E-state index in [0.29, 0.717) is 24.9 Å². The second-order valence-corrected chi connectivity index (χ2v) is 8.31. The molecule has 8 heteroatoms. The van der Waals surface area contributed by atoms with Crippen molar-refractivity contribution < 1.29 is 18.3 Å². The van der Waals surface area contributed by atoms with E-state index < -0.39 is 11.7 Å². The van der Waals surface area contributed by atoms with Gasteiger partial charge in [-0.05, 0) is 80.5 Å². The van der Waals surface area contributed by atoms with E-state index in [0.717, 1.165) is 0 Å². The summed E-state index contributed by atoms with van der Waals surface area (Å²) in [6, 6.07) is 17.3. The van der Waals surface area contributed by atoms with E-state index in [4.69, 9.17) is 4.74 Å². The van der Waals surface area contributed by atoms with Gasteiger partial charge in [-0.2, -0.15) is 5.26 Å². The van der Waals surface area contributed by atoms with E-state index in [9.17, 15) is 18.8 Å². The van der Waals surface area contributed by atoms with Gasteiger partial charge in [-0.1, -0.05) is 30.3 Å². The van der Waals surface area contributed by atoms with Gasteiger partial charge in [0.15, 0.2) is 0 Å². The lowest BCUT2D eigenvalue weighted by Crippen LogP contribution is -2.14. The normalized spacial score (nSPS) is 11.0. The Morgan fingerprint density at radius 3 is 2.45 bits per heavy atom. The largest absolute Gasteiger partial charge is 0.486 e. The molecule has 0 saturated heterocycles. The van der Waals surface area contributed by atoms with Gasteiger partial charge in [-0.15, -0.1) is 0 Å². The molecule has 0 saturated carbocycles. The van der Waals surface area contributed by atoms with Crippen molar-refractivity contribution in [2.45, 2.75) is 6.61 Å². The van der Waals surface area contributed by atoms with E-state index >= 15 is 0 Å². The summed E-state index contributed by atoms with van der Waals surface area (Å²) < 4.78 is 34.6. The van der Waals surface area contributed by atoms with Gasteiger partial charge in [0.2, 0.25) is 0 Å². The van der Waals surface area contributed by atoms with Crippen LogP contribution in [-0.2, 0) is 11.4 Å². The SMILES string of the molecule is N#C/C(=C/c1cc(Br)c(OCc2ccccc2F)c(I)c1)C(=O)Nc1ccccc1F. The number of carbonyl (C=O) groups excluding carboxylic acids is 1. The number of hydrogen-bond donors (Lipinski definition) is 1. The Balaban J connectivity index is 1.80. The molecule has 0 radical (unpaired) electrons. The monoisotopic (exact) mass is 594 g/mol. The molecule has 31 heavy (non-hydrogen) atoms. The molecule has 1 N–H and O–H groups in total. The van der Waals surface area contributed by atoms with Crippen molar-refractivity contribution in [2.75, 3.05) is 5.32 Å². The smallest absolute Gasteiger partial charge is 0.266 e. The van der Waals surface area contributed by atoms with Gasteiger partial charge in [0.25, 0.3) is 5.91 Å². The first-order valence-electron chi connectivity index (χ1n) is 8.92. The molecule has 0 aliphatic carbocycles. The fourth-order valence-corrected chi connectivity index (χ4v) is 4.40. The van der Waals surface area contributed by atoms with Crippen molar-refractivity contribution in [2.24, 2.45) is 0 Å². The summed E-state index contributed by atoms with van der Waals surface area (Å²) in [6.07, 6.45) is 1.39. The number of nitrogens with one attached hydrogen (secondary N) is 1. The number of hydrogen-bond acceptors (Lipinski definition) is 3. The Bertz CT molecular complexity index is 1190. The molecule has 0 aliphatic heterocycles. The minimum atomic E-state index is -0.724. The number of anilines is 1. The lowest BCUT2D eigenvalue weighted by atomic mass is 10.1. The molecular formula is C23H14BrF2IN2O2. The van der Waals surface area contributed by atoms with Crippen molar-refractivity contribution in [1.29, 1.82) is 5.26 Å². The molecule has 156 valence electrons. The number of benzene rings is 3. The van der Waals surface area contributed by atoms with Crippen molar-refractivity contribution in [3.63, 3.8) is 0 Å². The molecule has 0 spiro atoms. The van der Waals surface area contributed by atoms with E-state index in [-0.39, 0.29) is 23.7 Å².